The summed E-state index contributed by atoms with van der Waals surface area (Å²) in [5.41, 5.74) is 6.78. The molecule has 204 valence electrons. The lowest BCUT2D eigenvalue weighted by Gasteiger charge is -2.54. The van der Waals surface area contributed by atoms with Gasteiger partial charge in [-0.1, -0.05) is 80.3 Å². The van der Waals surface area contributed by atoms with Crippen molar-refractivity contribution in [1.29, 1.82) is 5.26 Å². The van der Waals surface area contributed by atoms with E-state index in [0.29, 0.717) is 35.8 Å². The standard InChI is InChI=1S/C37H40N2O/c38-23-24-17-28(25-9-2-1-3-10-25)20-29(18-24)26-11-8-12-27(19-26)30-21-32-31-13-4-5-14-33(31)39-34-15-6-7-16-35(34)40-36(22-30)37(32)39/h1-3,8-12,17-20,30-37H,4-7,13-16,21-22H2. The van der Waals surface area contributed by atoms with Gasteiger partial charge in [0.25, 0.3) is 0 Å². The van der Waals surface area contributed by atoms with E-state index in [4.69, 9.17) is 4.74 Å². The van der Waals surface area contributed by atoms with Gasteiger partial charge < -0.3 is 4.74 Å². The van der Waals surface area contributed by atoms with Gasteiger partial charge in [0.1, 0.15) is 0 Å². The third-order valence-electron chi connectivity index (χ3n) is 11.2. The maximum atomic E-state index is 9.82. The van der Waals surface area contributed by atoms with Crippen LogP contribution < -0.4 is 0 Å². The van der Waals surface area contributed by atoms with E-state index in [9.17, 15) is 5.26 Å². The molecule has 3 aromatic carbocycles. The van der Waals surface area contributed by atoms with Gasteiger partial charge in [0.05, 0.1) is 23.8 Å². The van der Waals surface area contributed by atoms with Crippen LogP contribution in [0.1, 0.15) is 81.3 Å². The molecule has 2 aliphatic heterocycles. The Morgan fingerprint density at radius 3 is 2.25 bits per heavy atom. The highest BCUT2D eigenvalue weighted by Gasteiger charge is 2.60. The number of benzene rings is 3. The summed E-state index contributed by atoms with van der Waals surface area (Å²) >= 11 is 0. The van der Waals surface area contributed by atoms with Crippen molar-refractivity contribution in [3.8, 4) is 28.3 Å². The summed E-state index contributed by atoms with van der Waals surface area (Å²) in [5.74, 6) is 2.17. The molecule has 3 aromatic rings. The Morgan fingerprint density at radius 1 is 0.650 bits per heavy atom. The predicted molar refractivity (Wildman–Crippen MR) is 160 cm³/mol. The maximum absolute atomic E-state index is 9.82. The second-order valence-electron chi connectivity index (χ2n) is 13.3. The molecule has 0 aromatic heterocycles. The zero-order valence-electron chi connectivity index (χ0n) is 23.4. The number of nitrogens with zero attached hydrogens (tertiary/aromatic N) is 2. The number of ether oxygens (including phenoxy) is 1. The van der Waals surface area contributed by atoms with Crippen molar-refractivity contribution >= 4 is 0 Å². The van der Waals surface area contributed by atoms with Crippen LogP contribution >= 0.6 is 0 Å². The highest BCUT2D eigenvalue weighted by Crippen LogP contribution is 2.57. The first-order valence-electron chi connectivity index (χ1n) is 15.9. The molecule has 3 aliphatic carbocycles. The van der Waals surface area contributed by atoms with Crippen molar-refractivity contribution in [2.75, 3.05) is 0 Å². The Balaban J connectivity index is 1.13. The minimum atomic E-state index is 0.379. The summed E-state index contributed by atoms with van der Waals surface area (Å²) in [5, 5.41) is 9.82. The molecule has 0 amide bonds. The topological polar surface area (TPSA) is 36.3 Å². The quantitative estimate of drug-likeness (QED) is 0.343. The van der Waals surface area contributed by atoms with Crippen LogP contribution in [0, 0.1) is 23.2 Å². The molecule has 0 bridgehead atoms. The maximum Gasteiger partial charge on any atom is 0.0992 e. The monoisotopic (exact) mass is 528 g/mol. The lowest BCUT2D eigenvalue weighted by molar-refractivity contribution is -0.179. The van der Waals surface area contributed by atoms with Crippen LogP contribution in [0.4, 0.5) is 0 Å². The largest absolute Gasteiger partial charge is 0.372 e. The van der Waals surface area contributed by atoms with Crippen molar-refractivity contribution in [2.24, 2.45) is 11.8 Å². The molecule has 0 N–H and O–H groups in total. The first kappa shape index (κ1) is 24.8. The Labute approximate surface area is 239 Å². The highest BCUT2D eigenvalue weighted by atomic mass is 16.5. The lowest BCUT2D eigenvalue weighted by atomic mass is 9.67. The van der Waals surface area contributed by atoms with E-state index in [0.717, 1.165) is 41.0 Å². The van der Waals surface area contributed by atoms with Crippen molar-refractivity contribution in [3.63, 3.8) is 0 Å². The van der Waals surface area contributed by atoms with Crippen LogP contribution in [0.3, 0.4) is 0 Å². The van der Waals surface area contributed by atoms with Gasteiger partial charge in [-0.05, 0) is 102 Å². The Bertz CT molecular complexity index is 1430. The normalized spacial score (nSPS) is 34.8. The fraction of sp³-hybridized carbons (Fsp3) is 0.486. The Kier molecular flexibility index (Phi) is 6.31. The minimum Gasteiger partial charge on any atom is -0.372 e. The zero-order chi connectivity index (χ0) is 26.6. The molecule has 5 fully saturated rings. The lowest BCUT2D eigenvalue weighted by Crippen LogP contribution is -2.63. The number of hydrogen-bond donors (Lipinski definition) is 0. The molecular weight excluding hydrogens is 488 g/mol. The van der Waals surface area contributed by atoms with E-state index in [2.05, 4.69) is 71.6 Å². The first-order chi connectivity index (χ1) is 19.8. The fourth-order valence-electron chi connectivity index (χ4n) is 9.64. The number of rotatable bonds is 3. The molecule has 0 radical (unpaired) electrons. The molecule has 8 unspecified atom stereocenters. The number of morpholine rings is 1. The van der Waals surface area contributed by atoms with Crippen LogP contribution in [0.25, 0.3) is 22.3 Å². The Hall–Kier alpha value is -2.93. The molecule has 8 atom stereocenters. The van der Waals surface area contributed by atoms with Gasteiger partial charge in [-0.2, -0.15) is 5.26 Å². The van der Waals surface area contributed by atoms with Gasteiger partial charge in [-0.3, -0.25) is 4.90 Å². The summed E-state index contributed by atoms with van der Waals surface area (Å²) in [6.45, 7) is 0. The smallest absolute Gasteiger partial charge is 0.0992 e. The van der Waals surface area contributed by atoms with Gasteiger partial charge in [-0.15, -0.1) is 0 Å². The average Bonchev–Trinajstić information content (AvgIpc) is 3.37. The van der Waals surface area contributed by atoms with E-state index >= 15 is 0 Å². The van der Waals surface area contributed by atoms with Gasteiger partial charge >= 0.3 is 0 Å². The molecule has 40 heavy (non-hydrogen) atoms. The van der Waals surface area contributed by atoms with Crippen molar-refractivity contribution in [1.82, 2.24) is 4.90 Å². The van der Waals surface area contributed by atoms with Gasteiger partial charge in [0.2, 0.25) is 0 Å². The molecule has 3 nitrogen and oxygen atoms in total. The van der Waals surface area contributed by atoms with Crippen molar-refractivity contribution in [2.45, 2.75) is 100 Å². The number of hydrogen-bond acceptors (Lipinski definition) is 3. The van der Waals surface area contributed by atoms with Crippen LogP contribution in [-0.4, -0.2) is 35.2 Å². The van der Waals surface area contributed by atoms with E-state index in [1.807, 2.05) is 12.1 Å². The minimum absolute atomic E-state index is 0.379. The SMILES string of the molecule is N#Cc1cc(-c2ccccc2)cc(-c2cccc(C3CC4OC5CCCCC5N5C6CCCCC6C(C3)C45)c2)c1. The number of fused-ring (bicyclic) bond motifs is 5. The van der Waals surface area contributed by atoms with Crippen LogP contribution in [0.2, 0.25) is 0 Å². The van der Waals surface area contributed by atoms with Crippen LogP contribution in [0.5, 0.6) is 0 Å². The molecule has 3 heteroatoms. The molecule has 2 heterocycles. The van der Waals surface area contributed by atoms with Crippen molar-refractivity contribution < 1.29 is 4.74 Å². The van der Waals surface area contributed by atoms with Gasteiger partial charge in [0, 0.05) is 18.1 Å². The third-order valence-corrected chi connectivity index (χ3v) is 11.2. The van der Waals surface area contributed by atoms with E-state index in [1.54, 1.807) is 0 Å². The zero-order valence-corrected chi connectivity index (χ0v) is 23.4. The summed E-state index contributed by atoms with van der Waals surface area (Å²) in [6, 6.07) is 30.5. The van der Waals surface area contributed by atoms with Crippen LogP contribution in [0.15, 0.2) is 72.8 Å². The molecule has 0 spiro atoms. The van der Waals surface area contributed by atoms with E-state index in [1.165, 1.54) is 68.9 Å². The Morgan fingerprint density at radius 2 is 1.40 bits per heavy atom. The molecule has 2 saturated heterocycles. The third kappa shape index (κ3) is 4.15. The molecular formula is C37H40N2O. The first-order valence-corrected chi connectivity index (χ1v) is 15.9. The molecule has 8 rings (SSSR count). The average molecular weight is 529 g/mol. The van der Waals surface area contributed by atoms with E-state index < -0.39 is 0 Å². The summed E-state index contributed by atoms with van der Waals surface area (Å²) in [6.07, 6.45) is 14.3. The number of nitriles is 1. The summed E-state index contributed by atoms with van der Waals surface area (Å²) < 4.78 is 7.07. The summed E-state index contributed by atoms with van der Waals surface area (Å²) in [7, 11) is 0. The van der Waals surface area contributed by atoms with Crippen LogP contribution in [-0.2, 0) is 4.74 Å². The van der Waals surface area contributed by atoms with Crippen molar-refractivity contribution in [3.05, 3.63) is 83.9 Å². The van der Waals surface area contributed by atoms with Gasteiger partial charge in [-0.25, -0.2) is 0 Å². The van der Waals surface area contributed by atoms with E-state index in [-0.39, 0.29) is 0 Å². The predicted octanol–water partition coefficient (Wildman–Crippen LogP) is 8.34. The van der Waals surface area contributed by atoms with Gasteiger partial charge in [0.15, 0.2) is 0 Å². The second kappa shape index (κ2) is 10.2. The second-order valence-corrected chi connectivity index (χ2v) is 13.3. The summed E-state index contributed by atoms with van der Waals surface area (Å²) in [4.78, 5) is 3.07. The molecule has 3 saturated carbocycles. The molecule has 5 aliphatic rings. The highest BCUT2D eigenvalue weighted by molar-refractivity contribution is 5.75. The fourth-order valence-corrected chi connectivity index (χ4v) is 9.64.